The molecule has 7 aliphatic rings. The fourth-order valence-corrected chi connectivity index (χ4v) is 12.6. The highest BCUT2D eigenvalue weighted by molar-refractivity contribution is 5.92. The summed E-state index contributed by atoms with van der Waals surface area (Å²) in [4.78, 5) is 19.1. The molecule has 20 atom stereocenters. The predicted octanol–water partition coefficient (Wildman–Crippen LogP) is 4.94. The van der Waals surface area contributed by atoms with Crippen LogP contribution in [0.2, 0.25) is 0 Å². The maximum absolute atomic E-state index is 13.9. The van der Waals surface area contributed by atoms with Gasteiger partial charge >= 0.3 is 5.97 Å². The molecule has 0 saturated carbocycles. The Morgan fingerprint density at radius 1 is 0.704 bits per heavy atom. The number of hydrogen-bond acceptors (Lipinski definition) is 15. The van der Waals surface area contributed by atoms with Gasteiger partial charge in [0.1, 0.15) is 42.7 Å². The van der Waals surface area contributed by atoms with E-state index in [0.29, 0.717) is 62.0 Å². The van der Waals surface area contributed by atoms with Crippen molar-refractivity contribution in [2.75, 3.05) is 6.54 Å². The van der Waals surface area contributed by atoms with Crippen molar-refractivity contribution in [2.24, 2.45) is 28.2 Å². The normalized spacial score (nSPS) is 47.0. The van der Waals surface area contributed by atoms with E-state index < -0.39 is 104 Å². The average Bonchev–Trinajstić information content (AvgIpc) is 3.59. The van der Waals surface area contributed by atoms with Gasteiger partial charge in [-0.25, -0.2) is 0 Å². The number of ether oxygens (including phenoxy) is 4. The standard InChI is InChI=1S/C56H85NO14/c1-30-9-8-12-48-56(6)36(19-20-57-48)24-35-25-39-27-41(59)51(64)44(68-39)11-7-10-31(2)22-43(61)55-54(67)53(66)47(71-55)29-49(62)69-38(21-32(3)13-15-33(4)40(56)26-35)23-34(5)50(63)46-28-42(60)52(65)45(70-46)18-17-37(58)16-14-30/h9,14-16,23,26,32,36-47,50-55,58-61,63-67H,2,7-8,10-13,17-22,24-25,27-29H2,1,3-6H3/b16-14+,30-9+,33-15+,34-23+/t32-,36-,37-,38+,39-,40-,41-,42-,43+,44-,45-,46+,47+,50-,51+,52+,53+,54+,55+,56-/m1/s1. The van der Waals surface area contributed by atoms with Crippen LogP contribution < -0.4 is 0 Å². The number of esters is 1. The minimum absolute atomic E-state index is 0.00461. The van der Waals surface area contributed by atoms with Crippen LogP contribution in [0.1, 0.15) is 137 Å². The van der Waals surface area contributed by atoms with E-state index in [-0.39, 0.29) is 49.0 Å². The van der Waals surface area contributed by atoms with Gasteiger partial charge in [-0.3, -0.25) is 9.79 Å². The van der Waals surface area contributed by atoms with Crippen molar-refractivity contribution in [3.05, 3.63) is 70.9 Å². The summed E-state index contributed by atoms with van der Waals surface area (Å²) in [6, 6.07) is 0. The molecule has 0 radical (unpaired) electrons. The van der Waals surface area contributed by atoms with Crippen LogP contribution in [-0.2, 0) is 23.7 Å². The summed E-state index contributed by atoms with van der Waals surface area (Å²) in [6.07, 6.45) is 2.24. The number of hydrogen-bond donors (Lipinski definition) is 9. The molecular weight excluding hydrogens is 911 g/mol. The molecule has 9 bridgehead atoms. The van der Waals surface area contributed by atoms with Crippen LogP contribution in [0, 0.1) is 23.2 Å². The van der Waals surface area contributed by atoms with E-state index in [4.69, 9.17) is 23.9 Å². The predicted molar refractivity (Wildman–Crippen MR) is 268 cm³/mol. The Balaban J connectivity index is 1.25. The molecule has 0 spiro atoms. The van der Waals surface area contributed by atoms with E-state index in [9.17, 15) is 50.8 Å². The van der Waals surface area contributed by atoms with Crippen molar-refractivity contribution in [2.45, 2.75) is 235 Å². The monoisotopic (exact) mass is 996 g/mol. The van der Waals surface area contributed by atoms with Gasteiger partial charge in [-0.1, -0.05) is 73.1 Å². The molecule has 6 aliphatic heterocycles. The lowest BCUT2D eigenvalue weighted by molar-refractivity contribution is -0.190. The number of aliphatic imine (C=N–C) groups is 1. The lowest BCUT2D eigenvalue weighted by atomic mass is 9.55. The van der Waals surface area contributed by atoms with Gasteiger partial charge < -0.3 is 64.9 Å². The summed E-state index contributed by atoms with van der Waals surface area (Å²) in [5.74, 6) is -0.476. The number of rotatable bonds is 0. The van der Waals surface area contributed by atoms with E-state index in [0.717, 1.165) is 37.8 Å². The Bertz CT molecular complexity index is 2030. The minimum Gasteiger partial charge on any atom is -0.458 e. The van der Waals surface area contributed by atoms with Gasteiger partial charge in [-0.2, -0.15) is 0 Å². The molecule has 3 fully saturated rings. The fourth-order valence-electron chi connectivity index (χ4n) is 12.6. The Kier molecular flexibility index (Phi) is 19.4. The number of aliphatic hydroxyl groups excluding tert-OH is 9. The first-order valence-corrected chi connectivity index (χ1v) is 26.6. The Morgan fingerprint density at radius 2 is 1.44 bits per heavy atom. The molecule has 9 N–H and O–H groups in total. The molecule has 3 saturated heterocycles. The van der Waals surface area contributed by atoms with Crippen molar-refractivity contribution in [1.82, 2.24) is 0 Å². The van der Waals surface area contributed by atoms with Crippen molar-refractivity contribution in [1.29, 1.82) is 0 Å². The molecule has 0 amide bonds. The van der Waals surface area contributed by atoms with Gasteiger partial charge in [0.25, 0.3) is 0 Å². The van der Waals surface area contributed by atoms with Crippen molar-refractivity contribution < 1.29 is 69.7 Å². The van der Waals surface area contributed by atoms with Crippen LogP contribution in [0.5, 0.6) is 0 Å². The molecule has 0 aromatic heterocycles. The third-order valence-electron chi connectivity index (χ3n) is 16.9. The highest BCUT2D eigenvalue weighted by Gasteiger charge is 2.50. The van der Waals surface area contributed by atoms with Crippen LogP contribution >= 0.6 is 0 Å². The third-order valence-corrected chi connectivity index (χ3v) is 16.9. The van der Waals surface area contributed by atoms with E-state index in [1.54, 1.807) is 19.1 Å². The second-order valence-electron chi connectivity index (χ2n) is 22.5. The van der Waals surface area contributed by atoms with Crippen LogP contribution in [0.3, 0.4) is 0 Å². The Morgan fingerprint density at radius 3 is 2.20 bits per heavy atom. The van der Waals surface area contributed by atoms with E-state index in [1.165, 1.54) is 16.9 Å². The maximum atomic E-state index is 13.9. The van der Waals surface area contributed by atoms with Gasteiger partial charge in [0, 0.05) is 36.4 Å². The Labute approximate surface area is 420 Å². The van der Waals surface area contributed by atoms with E-state index >= 15 is 0 Å². The largest absolute Gasteiger partial charge is 0.458 e. The molecule has 15 heteroatoms. The first kappa shape index (κ1) is 55.8. The average molecular weight is 996 g/mol. The van der Waals surface area contributed by atoms with E-state index in [2.05, 4.69) is 45.6 Å². The SMILES string of the molecule is C=C1CCC[C@H]2O[C@H](CC3=C[C@@H]4/C(C)=C/C[C@@H](C)C[C@@H](/C=C(\C)[C@@H](O)[C@@H]5C[C@@H](O)[C@H](O)[C@@H](CC[C@H](O)/C=C/C(C)=C/CCC6=NCC[C@H](C3)[C@@]64C)O5)OC(=O)C[C@@H]3O[C@H]([C@@H](O)[C@H]3O)[C@@H](O)C1)C[C@@H](O)[C@@H]2O. The summed E-state index contributed by atoms with van der Waals surface area (Å²) in [7, 11) is 0. The minimum atomic E-state index is -1.49. The fraction of sp³-hybridized carbons (Fsp3) is 0.750. The van der Waals surface area contributed by atoms with Gasteiger partial charge in [0.05, 0.1) is 61.4 Å². The highest BCUT2D eigenvalue weighted by Crippen LogP contribution is 2.53. The number of carbonyl (C=O) groups is 1. The summed E-state index contributed by atoms with van der Waals surface area (Å²) in [5, 5.41) is 100. The van der Waals surface area contributed by atoms with Crippen LogP contribution in [0.4, 0.5) is 0 Å². The quantitative estimate of drug-likeness (QED) is 0.115. The van der Waals surface area contributed by atoms with Crippen molar-refractivity contribution >= 4 is 11.7 Å². The molecule has 0 aromatic rings. The summed E-state index contributed by atoms with van der Waals surface area (Å²) in [5.41, 5.74) is 5.42. The number of fused-ring (bicyclic) bond motifs is 10. The smallest absolute Gasteiger partial charge is 0.309 e. The zero-order chi connectivity index (χ0) is 51.3. The Hall–Kier alpha value is -2.90. The number of carbonyl (C=O) groups excluding carboxylic acids is 1. The highest BCUT2D eigenvalue weighted by atomic mass is 16.6. The zero-order valence-electron chi connectivity index (χ0n) is 42.7. The molecule has 6 heterocycles. The summed E-state index contributed by atoms with van der Waals surface area (Å²) >= 11 is 0. The molecule has 0 unspecified atom stereocenters. The first-order valence-electron chi connectivity index (χ1n) is 26.6. The number of allylic oxidation sites excluding steroid dienone is 6. The topological polar surface area (TPSA) is 248 Å². The zero-order valence-corrected chi connectivity index (χ0v) is 42.7. The molecular formula is C56H85NO14. The van der Waals surface area contributed by atoms with Crippen LogP contribution in [0.15, 0.2) is 75.9 Å². The summed E-state index contributed by atoms with van der Waals surface area (Å²) in [6.45, 7) is 15.2. The lowest BCUT2D eigenvalue weighted by Gasteiger charge is -2.50. The molecule has 71 heavy (non-hydrogen) atoms. The molecule has 7 rings (SSSR count). The third kappa shape index (κ3) is 13.7. The van der Waals surface area contributed by atoms with Gasteiger partial charge in [-0.15, -0.1) is 0 Å². The van der Waals surface area contributed by atoms with Crippen molar-refractivity contribution in [3.63, 3.8) is 0 Å². The molecule has 1 aliphatic carbocycles. The molecule has 15 nitrogen and oxygen atoms in total. The van der Waals surface area contributed by atoms with Gasteiger partial charge in [0.2, 0.25) is 0 Å². The first-order chi connectivity index (χ1) is 33.7. The molecule has 398 valence electrons. The maximum Gasteiger partial charge on any atom is 0.309 e. The van der Waals surface area contributed by atoms with Crippen LogP contribution in [-0.4, -0.2) is 162 Å². The van der Waals surface area contributed by atoms with Crippen LogP contribution in [0.25, 0.3) is 0 Å². The summed E-state index contributed by atoms with van der Waals surface area (Å²) < 4.78 is 25.0. The lowest BCUT2D eigenvalue weighted by Crippen LogP contribution is -2.51. The van der Waals surface area contributed by atoms with E-state index in [1.807, 2.05) is 13.0 Å². The van der Waals surface area contributed by atoms with Crippen molar-refractivity contribution in [3.8, 4) is 0 Å². The van der Waals surface area contributed by atoms with Gasteiger partial charge in [-0.05, 0) is 128 Å². The van der Waals surface area contributed by atoms with Gasteiger partial charge in [0.15, 0.2) is 0 Å². The second-order valence-corrected chi connectivity index (χ2v) is 22.5. The number of nitrogens with zero attached hydrogens (tertiary/aromatic N) is 1. The second kappa shape index (κ2) is 24.6. The number of aliphatic hydroxyl groups is 9. The molecule has 0 aromatic carbocycles.